The van der Waals surface area contributed by atoms with Crippen LogP contribution >= 0.6 is 23.4 Å². The van der Waals surface area contributed by atoms with Crippen molar-refractivity contribution in [1.82, 2.24) is 5.32 Å². The van der Waals surface area contributed by atoms with Crippen LogP contribution in [0.2, 0.25) is 5.02 Å². The van der Waals surface area contributed by atoms with Gasteiger partial charge in [0, 0.05) is 16.5 Å². The zero-order valence-electron chi connectivity index (χ0n) is 13.5. The van der Waals surface area contributed by atoms with Gasteiger partial charge >= 0.3 is 0 Å². The van der Waals surface area contributed by atoms with Gasteiger partial charge in [0.1, 0.15) is 0 Å². The molecule has 0 fully saturated rings. The van der Waals surface area contributed by atoms with Crippen LogP contribution in [0.4, 0.5) is 0 Å². The molecular formula is C19H22ClNOS. The maximum absolute atomic E-state index is 12.1. The minimum absolute atomic E-state index is 0.0785. The maximum Gasteiger partial charge on any atom is 0.233 e. The molecule has 2 aromatic carbocycles. The van der Waals surface area contributed by atoms with Gasteiger partial charge in [0.25, 0.3) is 0 Å². The van der Waals surface area contributed by atoms with Gasteiger partial charge in [-0.1, -0.05) is 47.5 Å². The second kappa shape index (κ2) is 8.99. The SMILES string of the molecule is Cc1ccc(S[C@H](C)C(=O)NCCCc2ccccc2Cl)cc1. The van der Waals surface area contributed by atoms with Gasteiger partial charge in [-0.3, -0.25) is 4.79 Å². The minimum atomic E-state index is -0.0991. The third kappa shape index (κ3) is 5.92. The number of thioether (sulfide) groups is 1. The summed E-state index contributed by atoms with van der Waals surface area (Å²) in [4.78, 5) is 13.3. The summed E-state index contributed by atoms with van der Waals surface area (Å²) in [6.07, 6.45) is 1.76. The fourth-order valence-corrected chi connectivity index (χ4v) is 3.33. The summed E-state index contributed by atoms with van der Waals surface area (Å²) in [7, 11) is 0. The molecule has 2 rings (SSSR count). The van der Waals surface area contributed by atoms with Crippen molar-refractivity contribution in [2.75, 3.05) is 6.54 Å². The fourth-order valence-electron chi connectivity index (χ4n) is 2.21. The molecule has 0 heterocycles. The normalized spacial score (nSPS) is 12.0. The fraction of sp³-hybridized carbons (Fsp3) is 0.316. The van der Waals surface area contributed by atoms with Crippen molar-refractivity contribution < 1.29 is 4.79 Å². The third-order valence-corrected chi connectivity index (χ3v) is 5.06. The van der Waals surface area contributed by atoms with Gasteiger partial charge in [0.2, 0.25) is 5.91 Å². The number of aryl methyl sites for hydroxylation is 2. The molecule has 2 aromatic rings. The summed E-state index contributed by atoms with van der Waals surface area (Å²) < 4.78 is 0. The molecule has 0 radical (unpaired) electrons. The number of carbonyl (C=O) groups excluding carboxylic acids is 1. The van der Waals surface area contributed by atoms with Gasteiger partial charge in [-0.25, -0.2) is 0 Å². The van der Waals surface area contributed by atoms with E-state index in [1.54, 1.807) is 11.8 Å². The first-order valence-corrected chi connectivity index (χ1v) is 9.06. The molecule has 0 unspecified atom stereocenters. The number of hydrogen-bond acceptors (Lipinski definition) is 2. The molecule has 0 aliphatic rings. The van der Waals surface area contributed by atoms with Crippen LogP contribution in [0.25, 0.3) is 0 Å². The lowest BCUT2D eigenvalue weighted by atomic mass is 10.1. The largest absolute Gasteiger partial charge is 0.355 e. The molecule has 122 valence electrons. The third-order valence-electron chi connectivity index (χ3n) is 3.58. The number of hydrogen-bond donors (Lipinski definition) is 1. The van der Waals surface area contributed by atoms with E-state index in [2.05, 4.69) is 36.5 Å². The Bertz CT molecular complexity index is 642. The highest BCUT2D eigenvalue weighted by atomic mass is 35.5. The Hall–Kier alpha value is -1.45. The van der Waals surface area contributed by atoms with Crippen molar-refractivity contribution in [1.29, 1.82) is 0 Å². The number of halogens is 1. The molecule has 23 heavy (non-hydrogen) atoms. The van der Waals surface area contributed by atoms with Crippen molar-refractivity contribution in [2.24, 2.45) is 0 Å². The Morgan fingerprint density at radius 2 is 1.87 bits per heavy atom. The van der Waals surface area contributed by atoms with Crippen molar-refractivity contribution in [3.8, 4) is 0 Å². The Morgan fingerprint density at radius 1 is 1.17 bits per heavy atom. The maximum atomic E-state index is 12.1. The molecule has 0 aliphatic heterocycles. The lowest BCUT2D eigenvalue weighted by Gasteiger charge is -2.12. The summed E-state index contributed by atoms with van der Waals surface area (Å²) in [5.74, 6) is 0.0785. The van der Waals surface area contributed by atoms with E-state index in [0.717, 1.165) is 28.3 Å². The van der Waals surface area contributed by atoms with Gasteiger partial charge in [-0.2, -0.15) is 0 Å². The Balaban J connectivity index is 1.72. The number of rotatable bonds is 7. The van der Waals surface area contributed by atoms with Crippen molar-refractivity contribution in [3.05, 3.63) is 64.7 Å². The lowest BCUT2D eigenvalue weighted by molar-refractivity contribution is -0.120. The molecule has 1 atom stereocenters. The van der Waals surface area contributed by atoms with Gasteiger partial charge in [0.05, 0.1) is 5.25 Å². The lowest BCUT2D eigenvalue weighted by Crippen LogP contribution is -2.31. The highest BCUT2D eigenvalue weighted by Crippen LogP contribution is 2.23. The highest BCUT2D eigenvalue weighted by molar-refractivity contribution is 8.00. The monoisotopic (exact) mass is 347 g/mol. The van der Waals surface area contributed by atoms with Crippen molar-refractivity contribution >= 4 is 29.3 Å². The molecule has 1 N–H and O–H groups in total. The summed E-state index contributed by atoms with van der Waals surface area (Å²) in [6.45, 7) is 4.67. The first-order chi connectivity index (χ1) is 11.1. The standard InChI is InChI=1S/C19H22ClNOS/c1-14-9-11-17(12-10-14)23-15(2)19(22)21-13-5-7-16-6-3-4-8-18(16)20/h3-4,6,8-12,15H,5,7,13H2,1-2H3,(H,21,22)/t15-/m1/s1. The predicted molar refractivity (Wildman–Crippen MR) is 99.3 cm³/mol. The van der Waals surface area contributed by atoms with Crippen molar-refractivity contribution in [2.45, 2.75) is 36.8 Å². The van der Waals surface area contributed by atoms with Crippen LogP contribution in [0.3, 0.4) is 0 Å². The zero-order valence-corrected chi connectivity index (χ0v) is 15.1. The van der Waals surface area contributed by atoms with Gasteiger partial charge in [-0.15, -0.1) is 11.8 Å². The topological polar surface area (TPSA) is 29.1 Å². The van der Waals surface area contributed by atoms with E-state index >= 15 is 0 Å². The Labute approximate surface area is 147 Å². The van der Waals surface area contributed by atoms with Gasteiger partial charge < -0.3 is 5.32 Å². The predicted octanol–water partition coefficient (Wildman–Crippen LogP) is 4.88. The average molecular weight is 348 g/mol. The van der Waals surface area contributed by atoms with Gasteiger partial charge in [0.15, 0.2) is 0 Å². The van der Waals surface area contributed by atoms with Crippen LogP contribution in [0, 0.1) is 6.92 Å². The molecule has 0 bridgehead atoms. The van der Waals surface area contributed by atoms with E-state index in [0.29, 0.717) is 6.54 Å². The van der Waals surface area contributed by atoms with E-state index in [1.807, 2.05) is 31.2 Å². The van der Waals surface area contributed by atoms with Crippen LogP contribution in [-0.2, 0) is 11.2 Å². The molecule has 0 aromatic heterocycles. The van der Waals surface area contributed by atoms with Crippen LogP contribution in [0.5, 0.6) is 0 Å². The van der Waals surface area contributed by atoms with E-state index in [4.69, 9.17) is 11.6 Å². The molecule has 0 spiro atoms. The van der Waals surface area contributed by atoms with Crippen LogP contribution in [0.1, 0.15) is 24.5 Å². The summed E-state index contributed by atoms with van der Waals surface area (Å²) in [5, 5.41) is 3.70. The van der Waals surface area contributed by atoms with E-state index < -0.39 is 0 Å². The molecule has 4 heteroatoms. The Morgan fingerprint density at radius 3 is 2.57 bits per heavy atom. The first-order valence-electron chi connectivity index (χ1n) is 7.80. The smallest absolute Gasteiger partial charge is 0.233 e. The molecule has 1 amide bonds. The summed E-state index contributed by atoms with van der Waals surface area (Å²) in [6, 6.07) is 16.1. The molecule has 2 nitrogen and oxygen atoms in total. The number of amides is 1. The van der Waals surface area contributed by atoms with E-state index in [-0.39, 0.29) is 11.2 Å². The average Bonchev–Trinajstić information content (AvgIpc) is 2.55. The molecule has 0 saturated carbocycles. The number of nitrogens with one attached hydrogen (secondary N) is 1. The molecule has 0 aliphatic carbocycles. The zero-order chi connectivity index (χ0) is 16.7. The Kier molecular flexibility index (Phi) is 7.00. The van der Waals surface area contributed by atoms with Crippen LogP contribution < -0.4 is 5.32 Å². The van der Waals surface area contributed by atoms with E-state index in [9.17, 15) is 4.79 Å². The second-order valence-electron chi connectivity index (χ2n) is 5.56. The highest BCUT2D eigenvalue weighted by Gasteiger charge is 2.13. The van der Waals surface area contributed by atoms with E-state index in [1.165, 1.54) is 5.56 Å². The minimum Gasteiger partial charge on any atom is -0.355 e. The quantitative estimate of drug-likeness (QED) is 0.571. The molecule has 0 saturated heterocycles. The second-order valence-corrected chi connectivity index (χ2v) is 7.38. The number of carbonyl (C=O) groups is 1. The summed E-state index contributed by atoms with van der Waals surface area (Å²) >= 11 is 7.71. The molecular weight excluding hydrogens is 326 g/mol. The van der Waals surface area contributed by atoms with Crippen molar-refractivity contribution in [3.63, 3.8) is 0 Å². The van der Waals surface area contributed by atoms with Crippen LogP contribution in [0.15, 0.2) is 53.4 Å². The first kappa shape index (κ1) is 17.9. The van der Waals surface area contributed by atoms with Gasteiger partial charge in [-0.05, 0) is 50.5 Å². The van der Waals surface area contributed by atoms with Crippen LogP contribution in [-0.4, -0.2) is 17.7 Å². The summed E-state index contributed by atoms with van der Waals surface area (Å²) in [5.41, 5.74) is 2.36. The number of benzene rings is 2.